The van der Waals surface area contributed by atoms with Gasteiger partial charge in [0, 0.05) is 24.9 Å². The van der Waals surface area contributed by atoms with Gasteiger partial charge in [0.2, 0.25) is 0 Å². The van der Waals surface area contributed by atoms with Crippen LogP contribution in [0.1, 0.15) is 32.6 Å². The maximum absolute atomic E-state index is 11.6. The minimum absolute atomic E-state index is 0.0505. The highest BCUT2D eigenvalue weighted by molar-refractivity contribution is 5.82. The zero-order chi connectivity index (χ0) is 12.3. The smallest absolute Gasteiger partial charge is 0.136 e. The van der Waals surface area contributed by atoms with E-state index >= 15 is 0 Å². The fraction of sp³-hybridized carbons (Fsp3) is 0.923. The Balaban J connectivity index is 1.78. The molecule has 0 bridgehead atoms. The Kier molecular flexibility index (Phi) is 4.54. The summed E-state index contributed by atoms with van der Waals surface area (Å²) in [5, 5.41) is 9.11. The third-order valence-corrected chi connectivity index (χ3v) is 4.03. The molecule has 17 heavy (non-hydrogen) atoms. The van der Waals surface area contributed by atoms with Crippen molar-refractivity contribution in [2.45, 2.75) is 44.8 Å². The van der Waals surface area contributed by atoms with Gasteiger partial charge in [-0.3, -0.25) is 9.69 Å². The SMILES string of the molecule is CC1COC(CO)CN1CCC1CCCC1=O. The van der Waals surface area contributed by atoms with Crippen molar-refractivity contribution in [1.82, 2.24) is 4.90 Å². The predicted molar refractivity (Wildman–Crippen MR) is 64.8 cm³/mol. The van der Waals surface area contributed by atoms with Crippen LogP contribution >= 0.6 is 0 Å². The number of Topliss-reactive ketones (excluding diaryl/α,β-unsaturated/α-hetero) is 1. The summed E-state index contributed by atoms with van der Waals surface area (Å²) < 4.78 is 5.50. The highest BCUT2D eigenvalue weighted by atomic mass is 16.5. The Hall–Kier alpha value is -0.450. The van der Waals surface area contributed by atoms with Crippen LogP contribution in [0.2, 0.25) is 0 Å². The molecule has 2 aliphatic rings. The van der Waals surface area contributed by atoms with Crippen LogP contribution in [0.25, 0.3) is 0 Å². The van der Waals surface area contributed by atoms with Crippen LogP contribution in [0.15, 0.2) is 0 Å². The second kappa shape index (κ2) is 5.94. The van der Waals surface area contributed by atoms with E-state index < -0.39 is 0 Å². The summed E-state index contributed by atoms with van der Waals surface area (Å²) in [4.78, 5) is 13.9. The highest BCUT2D eigenvalue weighted by Crippen LogP contribution is 2.25. The van der Waals surface area contributed by atoms with E-state index in [4.69, 9.17) is 9.84 Å². The van der Waals surface area contributed by atoms with E-state index in [1.807, 2.05) is 0 Å². The van der Waals surface area contributed by atoms with Gasteiger partial charge in [-0.2, -0.15) is 0 Å². The largest absolute Gasteiger partial charge is 0.394 e. The molecule has 0 radical (unpaired) electrons. The van der Waals surface area contributed by atoms with Gasteiger partial charge in [-0.15, -0.1) is 0 Å². The average Bonchev–Trinajstić information content (AvgIpc) is 2.74. The van der Waals surface area contributed by atoms with Crippen LogP contribution in [0.3, 0.4) is 0 Å². The van der Waals surface area contributed by atoms with Crippen molar-refractivity contribution < 1.29 is 14.6 Å². The zero-order valence-corrected chi connectivity index (χ0v) is 10.6. The van der Waals surface area contributed by atoms with Crippen LogP contribution in [0, 0.1) is 5.92 Å². The summed E-state index contributed by atoms with van der Waals surface area (Å²) in [6.07, 6.45) is 3.84. The van der Waals surface area contributed by atoms with E-state index in [1.165, 1.54) is 0 Å². The van der Waals surface area contributed by atoms with Gasteiger partial charge in [0.05, 0.1) is 19.3 Å². The van der Waals surface area contributed by atoms with Crippen molar-refractivity contribution in [2.24, 2.45) is 5.92 Å². The first-order valence-electron chi connectivity index (χ1n) is 6.70. The van der Waals surface area contributed by atoms with Gasteiger partial charge in [0.25, 0.3) is 0 Å². The van der Waals surface area contributed by atoms with Gasteiger partial charge in [-0.1, -0.05) is 0 Å². The molecule has 3 atom stereocenters. The lowest BCUT2D eigenvalue weighted by molar-refractivity contribution is -0.121. The van der Waals surface area contributed by atoms with Crippen molar-refractivity contribution in [1.29, 1.82) is 0 Å². The number of aliphatic hydroxyl groups is 1. The summed E-state index contributed by atoms with van der Waals surface area (Å²) in [5.74, 6) is 0.738. The topological polar surface area (TPSA) is 49.8 Å². The van der Waals surface area contributed by atoms with Gasteiger partial charge in [0.1, 0.15) is 5.78 Å². The minimum Gasteiger partial charge on any atom is -0.394 e. The molecule has 4 nitrogen and oxygen atoms in total. The number of ketones is 1. The molecule has 3 unspecified atom stereocenters. The third-order valence-electron chi connectivity index (χ3n) is 4.03. The molecular weight excluding hydrogens is 218 g/mol. The van der Waals surface area contributed by atoms with Gasteiger partial charge in [-0.25, -0.2) is 0 Å². The highest BCUT2D eigenvalue weighted by Gasteiger charge is 2.28. The van der Waals surface area contributed by atoms with Gasteiger partial charge >= 0.3 is 0 Å². The number of carbonyl (C=O) groups excluding carboxylic acids is 1. The number of morpholine rings is 1. The summed E-state index contributed by atoms with van der Waals surface area (Å²) in [7, 11) is 0. The maximum atomic E-state index is 11.6. The summed E-state index contributed by atoms with van der Waals surface area (Å²) in [6.45, 7) is 4.66. The molecule has 1 aliphatic carbocycles. The Morgan fingerprint density at radius 2 is 2.35 bits per heavy atom. The van der Waals surface area contributed by atoms with E-state index in [9.17, 15) is 4.79 Å². The van der Waals surface area contributed by atoms with Gasteiger partial charge in [0.15, 0.2) is 0 Å². The summed E-state index contributed by atoms with van der Waals surface area (Å²) >= 11 is 0. The molecule has 1 N–H and O–H groups in total. The maximum Gasteiger partial charge on any atom is 0.136 e. The Bertz CT molecular complexity index is 269. The van der Waals surface area contributed by atoms with Gasteiger partial charge < -0.3 is 9.84 Å². The second-order valence-electron chi connectivity index (χ2n) is 5.33. The molecule has 0 aromatic heterocycles. The molecule has 0 aromatic carbocycles. The Morgan fingerprint density at radius 3 is 3.00 bits per heavy atom. The van der Waals surface area contributed by atoms with Crippen LogP contribution < -0.4 is 0 Å². The van der Waals surface area contributed by atoms with Crippen LogP contribution in [0.5, 0.6) is 0 Å². The van der Waals surface area contributed by atoms with E-state index in [2.05, 4.69) is 11.8 Å². The quantitative estimate of drug-likeness (QED) is 0.792. The number of rotatable bonds is 4. The van der Waals surface area contributed by atoms with E-state index in [-0.39, 0.29) is 18.6 Å². The normalized spacial score (nSPS) is 35.4. The standard InChI is InChI=1S/C13H23NO3/c1-10-9-17-12(8-15)7-14(10)6-5-11-3-2-4-13(11)16/h10-12,15H,2-9H2,1H3. The number of hydrogen-bond donors (Lipinski definition) is 1. The second-order valence-corrected chi connectivity index (χ2v) is 5.33. The molecule has 0 spiro atoms. The first-order valence-corrected chi connectivity index (χ1v) is 6.70. The van der Waals surface area contributed by atoms with Crippen molar-refractivity contribution in [2.75, 3.05) is 26.3 Å². The third kappa shape index (κ3) is 3.27. The van der Waals surface area contributed by atoms with E-state index in [0.29, 0.717) is 18.4 Å². The molecule has 2 fully saturated rings. The molecule has 1 heterocycles. The van der Waals surface area contributed by atoms with E-state index in [1.54, 1.807) is 0 Å². The van der Waals surface area contributed by atoms with Crippen molar-refractivity contribution in [3.8, 4) is 0 Å². The molecule has 98 valence electrons. The van der Waals surface area contributed by atoms with Gasteiger partial charge in [-0.05, 0) is 32.7 Å². The molecular formula is C13H23NO3. The Labute approximate surface area is 103 Å². The summed E-state index contributed by atoms with van der Waals surface area (Å²) in [5.41, 5.74) is 0. The van der Waals surface area contributed by atoms with Crippen molar-refractivity contribution >= 4 is 5.78 Å². The first-order chi connectivity index (χ1) is 8.20. The molecule has 2 rings (SSSR count). The predicted octanol–water partition coefficient (Wildman–Crippen LogP) is 0.827. The molecule has 1 saturated heterocycles. The lowest BCUT2D eigenvalue weighted by atomic mass is 10.0. The van der Waals surface area contributed by atoms with Crippen molar-refractivity contribution in [3.05, 3.63) is 0 Å². The average molecular weight is 241 g/mol. The fourth-order valence-corrected chi connectivity index (χ4v) is 2.81. The number of hydrogen-bond acceptors (Lipinski definition) is 4. The van der Waals surface area contributed by atoms with Crippen molar-refractivity contribution in [3.63, 3.8) is 0 Å². The molecule has 0 amide bonds. The first kappa shape index (κ1) is 13.0. The summed E-state index contributed by atoms with van der Waals surface area (Å²) in [6, 6.07) is 0.398. The zero-order valence-electron chi connectivity index (χ0n) is 10.6. The van der Waals surface area contributed by atoms with E-state index in [0.717, 1.165) is 38.8 Å². The minimum atomic E-state index is -0.0505. The van der Waals surface area contributed by atoms with Crippen LogP contribution in [-0.2, 0) is 9.53 Å². The van der Waals surface area contributed by atoms with Crippen LogP contribution in [-0.4, -0.2) is 54.2 Å². The number of aliphatic hydroxyl groups excluding tert-OH is 1. The van der Waals surface area contributed by atoms with Crippen LogP contribution in [0.4, 0.5) is 0 Å². The number of nitrogens with zero attached hydrogens (tertiary/aromatic N) is 1. The fourth-order valence-electron chi connectivity index (χ4n) is 2.81. The Morgan fingerprint density at radius 1 is 1.53 bits per heavy atom. The molecule has 4 heteroatoms. The molecule has 0 aromatic rings. The molecule has 1 aliphatic heterocycles. The monoisotopic (exact) mass is 241 g/mol. The number of carbonyl (C=O) groups is 1. The molecule has 1 saturated carbocycles. The number of ether oxygens (including phenoxy) is 1. The lowest BCUT2D eigenvalue weighted by Crippen LogP contribution is -2.49. The lowest BCUT2D eigenvalue weighted by Gasteiger charge is -2.37.